The predicted octanol–water partition coefficient (Wildman–Crippen LogP) is 4.47. The molecule has 0 fully saturated rings. The molecular weight excluding hydrogens is 330 g/mol. The minimum absolute atomic E-state index is 0.326. The normalized spacial score (nSPS) is 12.1. The average Bonchev–Trinajstić information content (AvgIpc) is 2.47. The highest BCUT2D eigenvalue weighted by molar-refractivity contribution is 9.09. The molecule has 0 aliphatic heterocycles. The molecule has 1 unspecified atom stereocenters. The first kappa shape index (κ1) is 14.8. The number of hydrogen-bond donors (Lipinski definition) is 0. The Bertz CT molecular complexity index is 600. The van der Waals surface area contributed by atoms with E-state index in [0.29, 0.717) is 17.1 Å². The molecule has 20 heavy (non-hydrogen) atoms. The van der Waals surface area contributed by atoms with E-state index in [9.17, 15) is 8.78 Å². The molecule has 2 aromatic rings. The highest BCUT2D eigenvalue weighted by Gasteiger charge is 2.18. The van der Waals surface area contributed by atoms with Gasteiger partial charge < -0.3 is 9.47 Å². The molecule has 2 rings (SSSR count). The smallest absolute Gasteiger partial charge is 0.163 e. The average molecular weight is 343 g/mol. The lowest BCUT2D eigenvalue weighted by Crippen LogP contribution is -2.00. The standard InChI is InChI=1S/C15H13BrF2O2/c1-19-13-7-11(12(18)8-14(13)20-2)15(16)9-3-5-10(17)6-4-9/h3-8,15H,1-2H3. The maximum Gasteiger partial charge on any atom is 0.163 e. The van der Waals surface area contributed by atoms with E-state index in [2.05, 4.69) is 15.9 Å². The lowest BCUT2D eigenvalue weighted by atomic mass is 10.0. The molecule has 0 aliphatic carbocycles. The van der Waals surface area contributed by atoms with Crippen molar-refractivity contribution in [2.75, 3.05) is 14.2 Å². The van der Waals surface area contributed by atoms with Crippen molar-refractivity contribution in [3.63, 3.8) is 0 Å². The number of alkyl halides is 1. The van der Waals surface area contributed by atoms with Crippen molar-refractivity contribution >= 4 is 15.9 Å². The summed E-state index contributed by atoms with van der Waals surface area (Å²) in [6, 6.07) is 8.71. The van der Waals surface area contributed by atoms with E-state index >= 15 is 0 Å². The molecule has 0 heterocycles. The fourth-order valence-corrected chi connectivity index (χ4v) is 2.53. The van der Waals surface area contributed by atoms with Crippen molar-refractivity contribution in [3.8, 4) is 11.5 Å². The molecule has 0 aromatic heterocycles. The third-order valence-corrected chi connectivity index (χ3v) is 3.96. The van der Waals surface area contributed by atoms with Gasteiger partial charge in [-0.25, -0.2) is 8.78 Å². The summed E-state index contributed by atoms with van der Waals surface area (Å²) >= 11 is 3.42. The van der Waals surface area contributed by atoms with Crippen LogP contribution in [0.15, 0.2) is 36.4 Å². The van der Waals surface area contributed by atoms with Crippen molar-refractivity contribution in [1.82, 2.24) is 0 Å². The van der Waals surface area contributed by atoms with E-state index in [-0.39, 0.29) is 5.82 Å². The SMILES string of the molecule is COc1cc(F)c(C(Br)c2ccc(F)cc2)cc1OC. The maximum absolute atomic E-state index is 14.1. The van der Waals surface area contributed by atoms with E-state index in [1.54, 1.807) is 18.2 Å². The molecule has 0 amide bonds. The Kier molecular flexibility index (Phi) is 4.60. The highest BCUT2D eigenvalue weighted by Crippen LogP contribution is 2.38. The molecule has 5 heteroatoms. The first-order chi connectivity index (χ1) is 9.56. The molecule has 0 saturated heterocycles. The second-order valence-electron chi connectivity index (χ2n) is 4.14. The summed E-state index contributed by atoms with van der Waals surface area (Å²) in [4.78, 5) is -0.400. The lowest BCUT2D eigenvalue weighted by Gasteiger charge is -2.15. The van der Waals surface area contributed by atoms with E-state index in [4.69, 9.17) is 9.47 Å². The lowest BCUT2D eigenvalue weighted by molar-refractivity contribution is 0.351. The van der Waals surface area contributed by atoms with E-state index < -0.39 is 10.6 Å². The number of methoxy groups -OCH3 is 2. The first-order valence-electron chi connectivity index (χ1n) is 5.87. The Hall–Kier alpha value is -1.62. The van der Waals surface area contributed by atoms with Crippen LogP contribution in [0, 0.1) is 11.6 Å². The second-order valence-corrected chi connectivity index (χ2v) is 5.06. The summed E-state index contributed by atoms with van der Waals surface area (Å²) in [5, 5.41) is 0. The van der Waals surface area contributed by atoms with E-state index in [0.717, 1.165) is 5.56 Å². The summed E-state index contributed by atoms with van der Waals surface area (Å²) in [7, 11) is 2.93. The van der Waals surface area contributed by atoms with Gasteiger partial charge in [0.1, 0.15) is 11.6 Å². The van der Waals surface area contributed by atoms with Crippen molar-refractivity contribution in [2.45, 2.75) is 4.83 Å². The third kappa shape index (κ3) is 2.93. The Balaban J connectivity index is 2.43. The molecule has 0 saturated carbocycles. The topological polar surface area (TPSA) is 18.5 Å². The van der Waals surface area contributed by atoms with Gasteiger partial charge in [0.25, 0.3) is 0 Å². The molecule has 0 radical (unpaired) electrons. The van der Waals surface area contributed by atoms with Crippen molar-refractivity contribution < 1.29 is 18.3 Å². The van der Waals surface area contributed by atoms with Crippen LogP contribution >= 0.6 is 15.9 Å². The zero-order valence-corrected chi connectivity index (χ0v) is 12.6. The van der Waals surface area contributed by atoms with Crippen LogP contribution in [0.3, 0.4) is 0 Å². The maximum atomic E-state index is 14.1. The molecule has 2 aromatic carbocycles. The highest BCUT2D eigenvalue weighted by atomic mass is 79.9. The van der Waals surface area contributed by atoms with E-state index in [1.807, 2.05) is 0 Å². The third-order valence-electron chi connectivity index (χ3n) is 2.94. The van der Waals surface area contributed by atoms with Crippen LogP contribution in [-0.2, 0) is 0 Å². The van der Waals surface area contributed by atoms with Crippen molar-refractivity contribution in [2.24, 2.45) is 0 Å². The molecule has 0 bridgehead atoms. The van der Waals surface area contributed by atoms with Gasteiger partial charge in [0.2, 0.25) is 0 Å². The number of hydrogen-bond acceptors (Lipinski definition) is 2. The summed E-state index contributed by atoms with van der Waals surface area (Å²) in [5.41, 5.74) is 1.15. The molecule has 0 aliphatic rings. The minimum atomic E-state index is -0.422. The fraction of sp³-hybridized carbons (Fsp3) is 0.200. The zero-order valence-electron chi connectivity index (χ0n) is 11.0. The van der Waals surface area contributed by atoms with Crippen LogP contribution in [0.1, 0.15) is 16.0 Å². The van der Waals surface area contributed by atoms with Gasteiger partial charge in [0.15, 0.2) is 11.5 Å². The van der Waals surface area contributed by atoms with Gasteiger partial charge in [-0.15, -0.1) is 0 Å². The molecule has 106 valence electrons. The van der Waals surface area contributed by atoms with Crippen LogP contribution in [0.25, 0.3) is 0 Å². The monoisotopic (exact) mass is 342 g/mol. The quantitative estimate of drug-likeness (QED) is 0.763. The zero-order chi connectivity index (χ0) is 14.7. The number of ether oxygens (including phenoxy) is 2. The molecular formula is C15H13BrF2O2. The Morgan fingerprint density at radius 1 is 0.950 bits per heavy atom. The summed E-state index contributed by atoms with van der Waals surface area (Å²) in [6.45, 7) is 0. The molecule has 2 nitrogen and oxygen atoms in total. The van der Waals surface area contributed by atoms with Gasteiger partial charge in [-0.2, -0.15) is 0 Å². The van der Waals surface area contributed by atoms with Crippen molar-refractivity contribution in [1.29, 1.82) is 0 Å². The Morgan fingerprint density at radius 2 is 1.50 bits per heavy atom. The largest absolute Gasteiger partial charge is 0.493 e. The predicted molar refractivity (Wildman–Crippen MR) is 76.7 cm³/mol. The van der Waals surface area contributed by atoms with Gasteiger partial charge in [-0.3, -0.25) is 0 Å². The van der Waals surface area contributed by atoms with Gasteiger partial charge in [0, 0.05) is 11.6 Å². The number of rotatable bonds is 4. The van der Waals surface area contributed by atoms with Crippen molar-refractivity contribution in [3.05, 3.63) is 59.2 Å². The Morgan fingerprint density at radius 3 is 2.05 bits per heavy atom. The molecule has 0 N–H and O–H groups in total. The van der Waals surface area contributed by atoms with Crippen LogP contribution in [0.2, 0.25) is 0 Å². The number of benzene rings is 2. The van der Waals surface area contributed by atoms with Crippen LogP contribution in [0.4, 0.5) is 8.78 Å². The van der Waals surface area contributed by atoms with Crippen LogP contribution in [0.5, 0.6) is 11.5 Å². The van der Waals surface area contributed by atoms with Gasteiger partial charge in [0.05, 0.1) is 19.0 Å². The minimum Gasteiger partial charge on any atom is -0.493 e. The van der Waals surface area contributed by atoms with Gasteiger partial charge in [-0.05, 0) is 23.8 Å². The van der Waals surface area contributed by atoms with Gasteiger partial charge >= 0.3 is 0 Å². The van der Waals surface area contributed by atoms with Gasteiger partial charge in [-0.1, -0.05) is 28.1 Å². The van der Waals surface area contributed by atoms with E-state index in [1.165, 1.54) is 32.4 Å². The van der Waals surface area contributed by atoms with Crippen LogP contribution in [-0.4, -0.2) is 14.2 Å². The Labute approximate surface area is 124 Å². The second kappa shape index (κ2) is 6.22. The van der Waals surface area contributed by atoms with Crippen LogP contribution < -0.4 is 9.47 Å². The first-order valence-corrected chi connectivity index (χ1v) is 6.79. The summed E-state index contributed by atoms with van der Waals surface area (Å²) in [6.07, 6.45) is 0. The fourth-order valence-electron chi connectivity index (χ4n) is 1.88. The number of halogens is 3. The molecule has 0 spiro atoms. The summed E-state index contributed by atoms with van der Waals surface area (Å²) < 4.78 is 37.3. The molecule has 1 atom stereocenters. The summed E-state index contributed by atoms with van der Waals surface area (Å²) in [5.74, 6) is 0.0121.